The van der Waals surface area contributed by atoms with E-state index in [1.807, 2.05) is 18.2 Å². The summed E-state index contributed by atoms with van der Waals surface area (Å²) in [7, 11) is 0. The predicted octanol–water partition coefficient (Wildman–Crippen LogP) is 4.01. The quantitative estimate of drug-likeness (QED) is 0.899. The maximum absolute atomic E-state index is 12.6. The number of rotatable bonds is 3. The number of nitrogens with one attached hydrogen (secondary N) is 1. The van der Waals surface area contributed by atoms with Crippen LogP contribution in [0.3, 0.4) is 0 Å². The van der Waals surface area contributed by atoms with Crippen LogP contribution >= 0.6 is 0 Å². The Kier molecular flexibility index (Phi) is 4.13. The van der Waals surface area contributed by atoms with Gasteiger partial charge in [-0.1, -0.05) is 25.9 Å². The van der Waals surface area contributed by atoms with Crippen LogP contribution in [0.15, 0.2) is 28.8 Å². The number of nitrogens with zero attached hydrogens (tertiary/aromatic N) is 1. The molecule has 2 atom stereocenters. The number of ether oxygens (including phenoxy) is 2. The number of fused-ring (bicyclic) bond motifs is 1. The fourth-order valence-corrected chi connectivity index (χ4v) is 4.28. The van der Waals surface area contributed by atoms with Crippen molar-refractivity contribution in [3.05, 3.63) is 30.0 Å². The molecule has 138 valence electrons. The molecule has 2 aromatic rings. The number of benzene rings is 1. The molecule has 6 nitrogen and oxygen atoms in total. The van der Waals surface area contributed by atoms with Crippen LogP contribution < -0.4 is 14.8 Å². The smallest absolute Gasteiger partial charge is 0.273 e. The standard InChI is InChI=1S/C20H24N2O4/c1-12-6-14(10-20(2,3)9-12)21-19(23)15-8-17(26-22-15)13-4-5-16-18(7-13)25-11-24-16/h4-5,7-8,12,14H,6,9-11H2,1-3H3,(H,21,23)/t12-,14-/m1/s1. The molecule has 4 rings (SSSR count). The van der Waals surface area contributed by atoms with Gasteiger partial charge in [-0.3, -0.25) is 4.79 Å². The lowest BCUT2D eigenvalue weighted by molar-refractivity contribution is 0.0865. The normalized spacial score (nSPS) is 23.7. The van der Waals surface area contributed by atoms with Gasteiger partial charge in [0.15, 0.2) is 23.0 Å². The molecule has 1 amide bonds. The molecule has 0 spiro atoms. The number of aromatic nitrogens is 1. The Hall–Kier alpha value is -2.50. The summed E-state index contributed by atoms with van der Waals surface area (Å²) in [5, 5.41) is 7.07. The second kappa shape index (κ2) is 6.34. The number of carbonyl (C=O) groups is 1. The van der Waals surface area contributed by atoms with E-state index in [0.29, 0.717) is 28.9 Å². The monoisotopic (exact) mass is 356 g/mol. The van der Waals surface area contributed by atoms with E-state index in [9.17, 15) is 4.79 Å². The van der Waals surface area contributed by atoms with Gasteiger partial charge >= 0.3 is 0 Å². The third-order valence-corrected chi connectivity index (χ3v) is 5.12. The van der Waals surface area contributed by atoms with E-state index < -0.39 is 0 Å². The Morgan fingerprint density at radius 2 is 2.00 bits per heavy atom. The molecule has 0 unspecified atom stereocenters. The van der Waals surface area contributed by atoms with Crippen molar-refractivity contribution in [2.45, 2.75) is 46.1 Å². The summed E-state index contributed by atoms with van der Waals surface area (Å²) in [4.78, 5) is 12.6. The van der Waals surface area contributed by atoms with Gasteiger partial charge in [0.2, 0.25) is 6.79 Å². The van der Waals surface area contributed by atoms with E-state index in [4.69, 9.17) is 14.0 Å². The van der Waals surface area contributed by atoms with Crippen molar-refractivity contribution in [2.75, 3.05) is 6.79 Å². The molecule has 6 heteroatoms. The molecule has 0 saturated heterocycles. The molecule has 1 saturated carbocycles. The van der Waals surface area contributed by atoms with Gasteiger partial charge in [-0.05, 0) is 48.8 Å². The van der Waals surface area contributed by atoms with Crippen molar-refractivity contribution in [2.24, 2.45) is 11.3 Å². The maximum atomic E-state index is 12.6. The van der Waals surface area contributed by atoms with E-state index in [0.717, 1.165) is 18.4 Å². The molecule has 2 heterocycles. The van der Waals surface area contributed by atoms with E-state index in [-0.39, 0.29) is 24.2 Å². The SMILES string of the molecule is C[C@@H]1C[C@@H](NC(=O)c2cc(-c3ccc4c(c3)OCO4)on2)CC(C)(C)C1. The summed E-state index contributed by atoms with van der Waals surface area (Å²) in [6.45, 7) is 6.98. The first-order valence-corrected chi connectivity index (χ1v) is 9.07. The summed E-state index contributed by atoms with van der Waals surface area (Å²) >= 11 is 0. The summed E-state index contributed by atoms with van der Waals surface area (Å²) in [5.41, 5.74) is 1.35. The van der Waals surface area contributed by atoms with Crippen molar-refractivity contribution in [3.8, 4) is 22.8 Å². The average molecular weight is 356 g/mol. The Labute approximate surface area is 152 Å². The molecule has 26 heavy (non-hydrogen) atoms. The maximum Gasteiger partial charge on any atom is 0.273 e. The number of carbonyl (C=O) groups excluding carboxylic acids is 1. The Bertz CT molecular complexity index is 827. The second-order valence-corrected chi connectivity index (χ2v) is 8.23. The summed E-state index contributed by atoms with van der Waals surface area (Å²) in [5.74, 6) is 2.33. The lowest BCUT2D eigenvalue weighted by Crippen LogP contribution is -2.43. The van der Waals surface area contributed by atoms with Crippen LogP contribution in [0.2, 0.25) is 0 Å². The first-order valence-electron chi connectivity index (χ1n) is 9.07. The van der Waals surface area contributed by atoms with Crippen LogP contribution in [0.5, 0.6) is 11.5 Å². The van der Waals surface area contributed by atoms with Gasteiger partial charge < -0.3 is 19.3 Å². The minimum absolute atomic E-state index is 0.173. The van der Waals surface area contributed by atoms with Crippen molar-refractivity contribution < 1.29 is 18.8 Å². The fourth-order valence-electron chi connectivity index (χ4n) is 4.28. The third-order valence-electron chi connectivity index (χ3n) is 5.12. The number of amides is 1. The van der Waals surface area contributed by atoms with E-state index in [1.165, 1.54) is 6.42 Å². The number of hydrogen-bond acceptors (Lipinski definition) is 5. The third kappa shape index (κ3) is 3.41. The van der Waals surface area contributed by atoms with Gasteiger partial charge in [0, 0.05) is 17.7 Å². The molecular formula is C20H24N2O4. The highest BCUT2D eigenvalue weighted by Crippen LogP contribution is 2.39. The first kappa shape index (κ1) is 16.9. The van der Waals surface area contributed by atoms with Gasteiger partial charge in [-0.15, -0.1) is 0 Å². The highest BCUT2D eigenvalue weighted by Gasteiger charge is 2.33. The van der Waals surface area contributed by atoms with Crippen LogP contribution in [-0.4, -0.2) is 23.9 Å². The Balaban J connectivity index is 1.46. The molecule has 1 fully saturated rings. The minimum atomic E-state index is -0.185. The minimum Gasteiger partial charge on any atom is -0.454 e. The molecule has 1 aliphatic carbocycles. The van der Waals surface area contributed by atoms with Crippen LogP contribution in [-0.2, 0) is 0 Å². The molecule has 1 aromatic heterocycles. The average Bonchev–Trinajstić information content (AvgIpc) is 3.21. The van der Waals surface area contributed by atoms with Gasteiger partial charge in [-0.2, -0.15) is 0 Å². The van der Waals surface area contributed by atoms with E-state index >= 15 is 0 Å². The zero-order valence-electron chi connectivity index (χ0n) is 15.4. The van der Waals surface area contributed by atoms with Crippen LogP contribution in [0.1, 0.15) is 50.5 Å². The van der Waals surface area contributed by atoms with Gasteiger partial charge in [0.1, 0.15) is 0 Å². The van der Waals surface area contributed by atoms with Gasteiger partial charge in [0.25, 0.3) is 5.91 Å². The van der Waals surface area contributed by atoms with Crippen molar-refractivity contribution in [1.29, 1.82) is 0 Å². The van der Waals surface area contributed by atoms with Crippen molar-refractivity contribution in [3.63, 3.8) is 0 Å². The molecule has 2 aliphatic rings. The zero-order valence-corrected chi connectivity index (χ0v) is 15.4. The molecule has 1 aliphatic heterocycles. The number of hydrogen-bond donors (Lipinski definition) is 1. The van der Waals surface area contributed by atoms with E-state index in [2.05, 4.69) is 31.2 Å². The van der Waals surface area contributed by atoms with Crippen molar-refractivity contribution >= 4 is 5.91 Å². The summed E-state index contributed by atoms with van der Waals surface area (Å²) in [6, 6.07) is 7.36. The Morgan fingerprint density at radius 1 is 1.19 bits per heavy atom. The fraction of sp³-hybridized carbons (Fsp3) is 0.500. The molecule has 0 radical (unpaired) electrons. The van der Waals surface area contributed by atoms with Gasteiger partial charge in [0.05, 0.1) is 0 Å². The lowest BCUT2D eigenvalue weighted by Gasteiger charge is -2.39. The Morgan fingerprint density at radius 3 is 2.81 bits per heavy atom. The van der Waals surface area contributed by atoms with Crippen LogP contribution in [0.4, 0.5) is 0 Å². The molecule has 0 bridgehead atoms. The summed E-state index contributed by atoms with van der Waals surface area (Å²) < 4.78 is 16.1. The second-order valence-electron chi connectivity index (χ2n) is 8.23. The highest BCUT2D eigenvalue weighted by molar-refractivity contribution is 5.93. The van der Waals surface area contributed by atoms with Crippen LogP contribution in [0, 0.1) is 11.3 Å². The topological polar surface area (TPSA) is 73.6 Å². The molecule has 1 aromatic carbocycles. The predicted molar refractivity (Wildman–Crippen MR) is 96.1 cm³/mol. The highest BCUT2D eigenvalue weighted by atomic mass is 16.7. The molecule has 1 N–H and O–H groups in total. The lowest BCUT2D eigenvalue weighted by atomic mass is 9.70. The summed E-state index contributed by atoms with van der Waals surface area (Å²) in [6.07, 6.45) is 3.18. The largest absolute Gasteiger partial charge is 0.454 e. The first-order chi connectivity index (χ1) is 12.4. The van der Waals surface area contributed by atoms with E-state index in [1.54, 1.807) is 6.07 Å². The zero-order chi connectivity index (χ0) is 18.3. The van der Waals surface area contributed by atoms with Gasteiger partial charge in [-0.25, -0.2) is 0 Å². The van der Waals surface area contributed by atoms with Crippen LogP contribution in [0.25, 0.3) is 11.3 Å². The van der Waals surface area contributed by atoms with Crippen molar-refractivity contribution in [1.82, 2.24) is 10.5 Å². The molecular weight excluding hydrogens is 332 g/mol.